The highest BCUT2D eigenvalue weighted by Gasteiger charge is 2.42. The molecule has 4 aromatic rings. The molecule has 0 heterocycles. The van der Waals surface area contributed by atoms with Crippen LogP contribution in [-0.2, 0) is 10.7 Å². The molecule has 0 bridgehead atoms. The minimum absolute atomic E-state index is 0.251. The van der Waals surface area contributed by atoms with Gasteiger partial charge in [-0.2, -0.15) is 8.78 Å². The topological polar surface area (TPSA) is 47.6 Å². The molecule has 1 saturated carbocycles. The Bertz CT molecular complexity index is 1450. The fourth-order valence-corrected chi connectivity index (χ4v) is 5.69. The van der Waals surface area contributed by atoms with Gasteiger partial charge in [0.1, 0.15) is 23.8 Å². The summed E-state index contributed by atoms with van der Waals surface area (Å²) < 4.78 is 45.2. The molecule has 7 heteroatoms. The summed E-state index contributed by atoms with van der Waals surface area (Å²) in [6, 6.07) is 21.9. The highest BCUT2D eigenvalue weighted by atomic mass is 32.2. The minimum Gasteiger partial charge on any atom is -0.496 e. The molecule has 4 aromatic carbocycles. The molecule has 5 rings (SSSR count). The Morgan fingerprint density at radius 3 is 2.38 bits per heavy atom. The number of rotatable bonds is 10. The number of hydrogen-bond donors (Lipinski definition) is 1. The molecule has 1 unspecified atom stereocenters. The number of hydrogen-bond acceptors (Lipinski definition) is 5. The zero-order valence-electron chi connectivity index (χ0n) is 22.0. The summed E-state index contributed by atoms with van der Waals surface area (Å²) >= 11 is 1.01. The maximum Gasteiger partial charge on any atom is 0.295 e. The van der Waals surface area contributed by atoms with E-state index in [2.05, 4.69) is 4.72 Å². The van der Waals surface area contributed by atoms with Crippen LogP contribution in [0, 0.1) is 6.92 Å². The summed E-state index contributed by atoms with van der Waals surface area (Å²) in [6.45, 7) is 1.98. The largest absolute Gasteiger partial charge is 0.496 e. The lowest BCUT2D eigenvalue weighted by atomic mass is 9.97. The van der Waals surface area contributed by atoms with Gasteiger partial charge in [-0.15, -0.1) is 0 Å². The van der Waals surface area contributed by atoms with Crippen molar-refractivity contribution in [2.75, 3.05) is 7.11 Å². The van der Waals surface area contributed by atoms with Crippen molar-refractivity contribution in [2.24, 2.45) is 0 Å². The molecular formula is C32H31F2NO3S. The van der Waals surface area contributed by atoms with Crippen LogP contribution < -0.4 is 14.2 Å². The standard InChI is InChI=1S/C32H31F2NO3S/c1-21-7-9-22(10-8-21)29-16-13-25(19-30(29)37-2)32(33,34)31(20-36)35-39-28-15-12-23-17-27(14-11-24(23)18-28)38-26-5-3-4-6-26/h7-20,26,31,35H,3-6H2,1-2H3. The molecule has 1 aliphatic rings. The highest BCUT2D eigenvalue weighted by Crippen LogP contribution is 2.39. The van der Waals surface area contributed by atoms with E-state index in [1.807, 2.05) is 67.6 Å². The number of alkyl halides is 2. The van der Waals surface area contributed by atoms with Crippen LogP contribution in [-0.4, -0.2) is 25.5 Å². The van der Waals surface area contributed by atoms with Crippen LogP contribution in [0.5, 0.6) is 11.5 Å². The first kappa shape index (κ1) is 27.2. The first-order chi connectivity index (χ1) is 18.9. The second-order valence-electron chi connectivity index (χ2n) is 9.93. The first-order valence-corrected chi connectivity index (χ1v) is 13.9. The van der Waals surface area contributed by atoms with Crippen LogP contribution in [0.15, 0.2) is 83.8 Å². The summed E-state index contributed by atoms with van der Waals surface area (Å²) in [7, 11) is 1.45. The van der Waals surface area contributed by atoms with E-state index in [9.17, 15) is 4.79 Å². The summed E-state index contributed by atoms with van der Waals surface area (Å²) in [5, 5.41) is 1.97. The van der Waals surface area contributed by atoms with Crippen molar-refractivity contribution in [1.29, 1.82) is 0 Å². The van der Waals surface area contributed by atoms with Crippen molar-refractivity contribution in [1.82, 2.24) is 4.72 Å². The van der Waals surface area contributed by atoms with Gasteiger partial charge in [-0.1, -0.05) is 54.1 Å². The van der Waals surface area contributed by atoms with Crippen molar-refractivity contribution in [2.45, 2.75) is 55.6 Å². The van der Waals surface area contributed by atoms with Crippen LogP contribution >= 0.6 is 11.9 Å². The minimum atomic E-state index is -3.46. The Kier molecular flexibility index (Phi) is 8.19. The molecule has 202 valence electrons. The molecule has 1 aliphatic carbocycles. The van der Waals surface area contributed by atoms with E-state index in [1.165, 1.54) is 32.1 Å². The SMILES string of the molecule is COc1cc(C(F)(F)C(C=O)NSc2ccc3cc(OC4CCCC4)ccc3c2)ccc1-c1ccc(C)cc1. The van der Waals surface area contributed by atoms with Gasteiger partial charge in [0.2, 0.25) is 0 Å². The van der Waals surface area contributed by atoms with E-state index in [4.69, 9.17) is 9.47 Å². The number of aryl methyl sites for hydroxylation is 1. The Hall–Kier alpha value is -3.42. The lowest BCUT2D eigenvalue weighted by Crippen LogP contribution is -2.41. The van der Waals surface area contributed by atoms with E-state index < -0.39 is 12.0 Å². The lowest BCUT2D eigenvalue weighted by molar-refractivity contribution is -0.119. The highest BCUT2D eigenvalue weighted by molar-refractivity contribution is 7.97. The smallest absolute Gasteiger partial charge is 0.295 e. The summed E-state index contributed by atoms with van der Waals surface area (Å²) in [6.07, 6.45) is 5.12. The molecule has 1 fully saturated rings. The third-order valence-electron chi connectivity index (χ3n) is 7.17. The predicted octanol–water partition coefficient (Wildman–Crippen LogP) is 8.10. The third kappa shape index (κ3) is 6.10. The second-order valence-corrected chi connectivity index (χ2v) is 10.8. The molecule has 0 aromatic heterocycles. The molecular weight excluding hydrogens is 516 g/mol. The lowest BCUT2D eigenvalue weighted by Gasteiger charge is -2.24. The molecule has 1 atom stereocenters. The number of halogens is 2. The van der Waals surface area contributed by atoms with Gasteiger partial charge in [0.05, 0.1) is 13.2 Å². The monoisotopic (exact) mass is 547 g/mol. The molecule has 0 amide bonds. The van der Waals surface area contributed by atoms with Gasteiger partial charge in [-0.25, -0.2) is 4.72 Å². The zero-order valence-corrected chi connectivity index (χ0v) is 22.8. The average Bonchev–Trinajstić information content (AvgIpc) is 3.46. The van der Waals surface area contributed by atoms with Crippen LogP contribution in [0.25, 0.3) is 21.9 Å². The van der Waals surface area contributed by atoms with E-state index >= 15 is 8.78 Å². The molecule has 1 N–H and O–H groups in total. The van der Waals surface area contributed by atoms with Crippen molar-refractivity contribution in [3.63, 3.8) is 0 Å². The number of carbonyl (C=O) groups is 1. The summed E-state index contributed by atoms with van der Waals surface area (Å²) in [5.41, 5.74) is 2.37. The maximum absolute atomic E-state index is 15.5. The van der Waals surface area contributed by atoms with E-state index in [-0.39, 0.29) is 18.0 Å². The van der Waals surface area contributed by atoms with Gasteiger partial charge in [0, 0.05) is 16.0 Å². The zero-order chi connectivity index (χ0) is 27.4. The second kappa shape index (κ2) is 11.8. The predicted molar refractivity (Wildman–Crippen MR) is 153 cm³/mol. The van der Waals surface area contributed by atoms with Crippen LogP contribution in [0.1, 0.15) is 36.8 Å². The quantitative estimate of drug-likeness (QED) is 0.161. The number of nitrogens with one attached hydrogen (secondary N) is 1. The Morgan fingerprint density at radius 1 is 0.949 bits per heavy atom. The van der Waals surface area contributed by atoms with Crippen LogP contribution in [0.3, 0.4) is 0 Å². The van der Waals surface area contributed by atoms with Crippen molar-refractivity contribution in [3.05, 3.63) is 90.0 Å². The van der Waals surface area contributed by atoms with E-state index in [1.54, 1.807) is 6.07 Å². The summed E-state index contributed by atoms with van der Waals surface area (Å²) in [4.78, 5) is 12.5. The number of aldehydes is 1. The number of ether oxygens (including phenoxy) is 2. The van der Waals surface area contributed by atoms with E-state index in [0.29, 0.717) is 11.3 Å². The van der Waals surface area contributed by atoms with Crippen LogP contribution in [0.2, 0.25) is 0 Å². The third-order valence-corrected chi connectivity index (χ3v) is 8.03. The molecule has 4 nitrogen and oxygen atoms in total. The molecule has 0 radical (unpaired) electrons. The van der Waals surface area contributed by atoms with Gasteiger partial charge in [-0.3, -0.25) is 0 Å². The fraction of sp³-hybridized carbons (Fsp3) is 0.281. The normalized spacial score (nSPS) is 14.9. The average molecular weight is 548 g/mol. The fourth-order valence-electron chi connectivity index (χ4n) is 4.91. The van der Waals surface area contributed by atoms with Crippen molar-refractivity contribution >= 4 is 29.0 Å². The van der Waals surface area contributed by atoms with Gasteiger partial charge in [-0.05, 0) is 91.2 Å². The molecule has 0 aliphatic heterocycles. The van der Waals surface area contributed by atoms with Crippen molar-refractivity contribution < 1.29 is 23.0 Å². The van der Waals surface area contributed by atoms with Gasteiger partial charge < -0.3 is 14.3 Å². The summed E-state index contributed by atoms with van der Waals surface area (Å²) in [5.74, 6) is -2.30. The van der Waals surface area contributed by atoms with Gasteiger partial charge in [0.15, 0.2) is 0 Å². The molecule has 0 spiro atoms. The number of benzene rings is 4. The van der Waals surface area contributed by atoms with E-state index in [0.717, 1.165) is 57.3 Å². The molecule has 39 heavy (non-hydrogen) atoms. The first-order valence-electron chi connectivity index (χ1n) is 13.1. The Labute approximate surface area is 231 Å². The van der Waals surface area contributed by atoms with Gasteiger partial charge >= 0.3 is 0 Å². The molecule has 0 saturated heterocycles. The number of carbonyl (C=O) groups excluding carboxylic acids is 1. The van der Waals surface area contributed by atoms with Crippen molar-refractivity contribution in [3.8, 4) is 22.6 Å². The number of methoxy groups -OCH3 is 1. The maximum atomic E-state index is 15.5. The van der Waals surface area contributed by atoms with Crippen LogP contribution in [0.4, 0.5) is 8.78 Å². The van der Waals surface area contributed by atoms with Gasteiger partial charge in [0.25, 0.3) is 5.92 Å². The Balaban J connectivity index is 1.30. The Morgan fingerprint density at radius 2 is 1.67 bits per heavy atom. The number of fused-ring (bicyclic) bond motifs is 1.